The average molecular weight is 413 g/mol. The molecule has 1 aromatic heterocycles. The highest BCUT2D eigenvalue weighted by Gasteiger charge is 2.40. The number of benzene rings is 2. The molecule has 1 aliphatic carbocycles. The molecule has 6 rings (SSSR count). The number of urea groups is 1. The van der Waals surface area contributed by atoms with E-state index in [1.165, 1.54) is 17.7 Å². The quantitative estimate of drug-likeness (QED) is 0.648. The molecule has 0 radical (unpaired) electrons. The second-order valence-electron chi connectivity index (χ2n) is 8.13. The zero-order chi connectivity index (χ0) is 20.9. The van der Waals surface area contributed by atoms with Gasteiger partial charge >= 0.3 is 6.03 Å². The Morgan fingerprint density at radius 2 is 1.90 bits per heavy atom. The minimum Gasteiger partial charge on any atom is -0.277 e. The van der Waals surface area contributed by atoms with Gasteiger partial charge in [0.25, 0.3) is 5.91 Å². The summed E-state index contributed by atoms with van der Waals surface area (Å²) < 4.78 is 0. The van der Waals surface area contributed by atoms with Crippen molar-refractivity contribution in [2.24, 2.45) is 10.9 Å². The molecule has 31 heavy (non-hydrogen) atoms. The lowest BCUT2D eigenvalue weighted by Crippen LogP contribution is -2.29. The third kappa shape index (κ3) is 3.18. The lowest BCUT2D eigenvalue weighted by Gasteiger charge is -2.22. The molecule has 3 aliphatic rings. The molecule has 9 nitrogen and oxygen atoms in total. The second-order valence-corrected chi connectivity index (χ2v) is 8.13. The maximum absolute atomic E-state index is 12.6. The first kappa shape index (κ1) is 17.9. The monoisotopic (exact) mass is 413 g/mol. The Morgan fingerprint density at radius 1 is 1.06 bits per heavy atom. The van der Waals surface area contributed by atoms with Crippen molar-refractivity contribution in [1.29, 1.82) is 0 Å². The maximum Gasteiger partial charge on any atom is 0.329 e. The number of rotatable bonds is 5. The summed E-state index contributed by atoms with van der Waals surface area (Å²) in [6, 6.07) is 11.8. The topological polar surface area (TPSA) is 105 Å². The third-order valence-corrected chi connectivity index (χ3v) is 5.90. The van der Waals surface area contributed by atoms with E-state index in [0.717, 1.165) is 29.8 Å². The van der Waals surface area contributed by atoms with Crippen LogP contribution < -0.4 is 10.2 Å². The van der Waals surface area contributed by atoms with Gasteiger partial charge in [-0.05, 0) is 47.2 Å². The van der Waals surface area contributed by atoms with Crippen molar-refractivity contribution in [1.82, 2.24) is 25.5 Å². The maximum atomic E-state index is 12.6. The van der Waals surface area contributed by atoms with E-state index in [2.05, 4.69) is 25.7 Å². The predicted molar refractivity (Wildman–Crippen MR) is 113 cm³/mol. The number of aliphatic imine (C=N–C) groups is 1. The Kier molecular flexibility index (Phi) is 3.95. The van der Waals surface area contributed by atoms with Gasteiger partial charge in [0.05, 0.1) is 12.2 Å². The van der Waals surface area contributed by atoms with Gasteiger partial charge in [-0.1, -0.05) is 30.3 Å². The van der Waals surface area contributed by atoms with E-state index in [4.69, 9.17) is 0 Å². The number of fused-ring (bicyclic) bond motifs is 1. The van der Waals surface area contributed by atoms with E-state index >= 15 is 0 Å². The van der Waals surface area contributed by atoms with E-state index in [-0.39, 0.29) is 5.91 Å². The van der Waals surface area contributed by atoms with Gasteiger partial charge < -0.3 is 0 Å². The van der Waals surface area contributed by atoms with Crippen LogP contribution in [-0.2, 0) is 17.8 Å². The van der Waals surface area contributed by atoms with Gasteiger partial charge in [0.2, 0.25) is 5.82 Å². The van der Waals surface area contributed by atoms with E-state index < -0.39 is 12.1 Å². The molecule has 1 saturated heterocycles. The van der Waals surface area contributed by atoms with Crippen LogP contribution in [0.15, 0.2) is 47.5 Å². The minimum absolute atomic E-state index is 0.352. The molecule has 9 heteroatoms. The van der Waals surface area contributed by atoms with Crippen LogP contribution in [0.3, 0.4) is 0 Å². The fraction of sp³-hybridized carbons (Fsp3) is 0.273. The summed E-state index contributed by atoms with van der Waals surface area (Å²) in [6.45, 7) is 0.801. The van der Waals surface area contributed by atoms with Gasteiger partial charge in [-0.2, -0.15) is 4.80 Å². The molecule has 3 heterocycles. The number of carbonyl (C=O) groups is 2. The van der Waals surface area contributed by atoms with Gasteiger partial charge in [0, 0.05) is 23.9 Å². The molecule has 154 valence electrons. The molecule has 1 atom stereocenters. The molecule has 1 unspecified atom stereocenters. The number of hydrogen-bond acceptors (Lipinski definition) is 6. The molecule has 0 spiro atoms. The van der Waals surface area contributed by atoms with E-state index in [1.807, 2.05) is 48.7 Å². The average Bonchev–Trinajstić information content (AvgIpc) is 3.15. The number of carbonyl (C=O) groups excluding carboxylic acids is 2. The van der Waals surface area contributed by atoms with Crippen LogP contribution >= 0.6 is 0 Å². The largest absolute Gasteiger partial charge is 0.329 e. The molecule has 1 saturated carbocycles. The van der Waals surface area contributed by atoms with Crippen LogP contribution in [0.2, 0.25) is 0 Å². The number of amides is 3. The minimum atomic E-state index is -0.747. The highest BCUT2D eigenvalue weighted by molar-refractivity contribution is 6.14. The van der Waals surface area contributed by atoms with Gasteiger partial charge in [0.15, 0.2) is 0 Å². The molecule has 2 aliphatic heterocycles. The molecule has 3 aromatic rings. The fourth-order valence-electron chi connectivity index (χ4n) is 4.05. The second kappa shape index (κ2) is 6.83. The van der Waals surface area contributed by atoms with Crippen molar-refractivity contribution < 1.29 is 9.59 Å². The first-order chi connectivity index (χ1) is 15.2. The number of nitrogens with one attached hydrogen (secondary N) is 1. The molecule has 2 aromatic carbocycles. The number of imide groups is 1. The number of anilines is 1. The Balaban J connectivity index is 1.29. The van der Waals surface area contributed by atoms with Gasteiger partial charge in [0.1, 0.15) is 6.04 Å². The number of tetrazole rings is 1. The van der Waals surface area contributed by atoms with Crippen LogP contribution in [0.25, 0.3) is 11.4 Å². The van der Waals surface area contributed by atoms with Crippen molar-refractivity contribution in [3.63, 3.8) is 0 Å². The number of hydrogen-bond donors (Lipinski definition) is 1. The van der Waals surface area contributed by atoms with Crippen molar-refractivity contribution in [3.8, 4) is 11.4 Å². The number of aromatic nitrogens is 4. The summed E-state index contributed by atoms with van der Waals surface area (Å²) in [5.74, 6) is 0.862. The van der Waals surface area contributed by atoms with Crippen molar-refractivity contribution in [3.05, 3.63) is 53.6 Å². The summed E-state index contributed by atoms with van der Waals surface area (Å²) in [4.78, 5) is 32.7. The van der Waals surface area contributed by atoms with Gasteiger partial charge in [-0.25, -0.2) is 4.79 Å². The zero-order valence-electron chi connectivity index (χ0n) is 16.6. The van der Waals surface area contributed by atoms with Crippen molar-refractivity contribution >= 4 is 29.5 Å². The van der Waals surface area contributed by atoms with Crippen LogP contribution in [0, 0.1) is 5.92 Å². The Hall–Kier alpha value is -3.88. The van der Waals surface area contributed by atoms with E-state index in [1.54, 1.807) is 4.80 Å². The summed E-state index contributed by atoms with van der Waals surface area (Å²) in [7, 11) is 0. The smallest absolute Gasteiger partial charge is 0.277 e. The lowest BCUT2D eigenvalue weighted by molar-refractivity contribution is -0.119. The van der Waals surface area contributed by atoms with Crippen LogP contribution in [-0.4, -0.2) is 38.4 Å². The molecular formula is C22H19N7O2. The molecule has 1 N–H and O–H groups in total. The van der Waals surface area contributed by atoms with Crippen molar-refractivity contribution in [2.45, 2.75) is 31.8 Å². The Bertz CT molecular complexity index is 1230. The third-order valence-electron chi connectivity index (χ3n) is 5.90. The summed E-state index contributed by atoms with van der Waals surface area (Å²) in [5, 5.41) is 15.1. The first-order valence-corrected chi connectivity index (χ1v) is 10.3. The molecule has 0 bridgehead atoms. The van der Waals surface area contributed by atoms with Gasteiger partial charge in [-0.3, -0.25) is 20.0 Å². The zero-order valence-corrected chi connectivity index (χ0v) is 16.6. The Labute approximate surface area is 177 Å². The Morgan fingerprint density at radius 3 is 2.71 bits per heavy atom. The van der Waals surface area contributed by atoms with E-state index in [9.17, 15) is 9.59 Å². The fourth-order valence-corrected chi connectivity index (χ4v) is 4.05. The standard InChI is InChI=1S/C22H19N7O2/c30-21-19(29(22(31)24-21)17-8-7-14-9-10-23-18(14)11-17)15-3-5-16(6-4-15)20-25-27-28(26-20)12-13-1-2-13/h3-8,10-11,13,19H,1-2,9,12H2,(H,24,30,31). The van der Waals surface area contributed by atoms with Crippen LogP contribution in [0.1, 0.15) is 30.0 Å². The summed E-state index contributed by atoms with van der Waals surface area (Å²) >= 11 is 0. The predicted octanol–water partition coefficient (Wildman–Crippen LogP) is 2.81. The van der Waals surface area contributed by atoms with Crippen LogP contribution in [0.5, 0.6) is 0 Å². The number of nitrogens with zero attached hydrogens (tertiary/aromatic N) is 6. The first-order valence-electron chi connectivity index (χ1n) is 10.3. The normalized spacial score (nSPS) is 19.7. The SMILES string of the molecule is O=C1NC(=O)N(c2ccc3c(c2)N=CC3)C1c1ccc(-c2nnn(CC3CC3)n2)cc1. The summed E-state index contributed by atoms with van der Waals surface area (Å²) in [5.41, 5.74) is 4.10. The highest BCUT2D eigenvalue weighted by atomic mass is 16.2. The highest BCUT2D eigenvalue weighted by Crippen LogP contribution is 2.36. The van der Waals surface area contributed by atoms with Crippen LogP contribution in [0.4, 0.5) is 16.2 Å². The van der Waals surface area contributed by atoms with E-state index in [0.29, 0.717) is 23.0 Å². The molecular weight excluding hydrogens is 394 g/mol. The van der Waals surface area contributed by atoms with Gasteiger partial charge in [-0.15, -0.1) is 10.2 Å². The molecule has 3 amide bonds. The summed E-state index contributed by atoms with van der Waals surface area (Å²) in [6.07, 6.45) is 5.07. The van der Waals surface area contributed by atoms with Crippen molar-refractivity contribution in [2.75, 3.05) is 4.90 Å². The molecule has 2 fully saturated rings. The lowest BCUT2D eigenvalue weighted by atomic mass is 10.0.